The van der Waals surface area contributed by atoms with Crippen LogP contribution in [0.3, 0.4) is 0 Å². The maximum atomic E-state index is 13.0. The van der Waals surface area contributed by atoms with Crippen LogP contribution in [0.1, 0.15) is 10.4 Å². The Morgan fingerprint density at radius 3 is 2.35 bits per heavy atom. The Labute approximate surface area is 160 Å². The first kappa shape index (κ1) is 19.0. The van der Waals surface area contributed by atoms with E-state index in [0.717, 1.165) is 28.0 Å². The first-order valence-corrected chi connectivity index (χ1v) is 12.5. The van der Waals surface area contributed by atoms with Gasteiger partial charge in [-0.2, -0.15) is 0 Å². The van der Waals surface area contributed by atoms with Crippen molar-refractivity contribution in [3.63, 3.8) is 0 Å². The van der Waals surface area contributed by atoms with Crippen molar-refractivity contribution < 1.29 is 16.8 Å². The number of aromatic nitrogens is 1. The van der Waals surface area contributed by atoms with Crippen molar-refractivity contribution in [3.8, 4) is 0 Å². The van der Waals surface area contributed by atoms with Crippen molar-refractivity contribution in [1.82, 2.24) is 4.98 Å². The summed E-state index contributed by atoms with van der Waals surface area (Å²) in [6, 6.07) is 10.2. The Kier molecular flexibility index (Phi) is 5.20. The highest BCUT2D eigenvalue weighted by molar-refractivity contribution is 7.93. The molecule has 0 unspecified atom stereocenters. The number of hydrogen-bond acceptors (Lipinski definition) is 8. The molecule has 6 nitrogen and oxygen atoms in total. The van der Waals surface area contributed by atoms with Gasteiger partial charge >= 0.3 is 0 Å². The predicted molar refractivity (Wildman–Crippen MR) is 104 cm³/mol. The Bertz CT molecular complexity index is 1110. The van der Waals surface area contributed by atoms with Crippen molar-refractivity contribution in [2.75, 3.05) is 11.6 Å². The molecule has 138 valence electrons. The number of aryl methyl sites for hydroxylation is 1. The molecule has 2 aromatic heterocycles. The van der Waals surface area contributed by atoms with Gasteiger partial charge in [-0.15, -0.1) is 11.3 Å². The molecular formula is C16H16N2O4S4. The van der Waals surface area contributed by atoms with Crippen molar-refractivity contribution in [1.29, 1.82) is 0 Å². The van der Waals surface area contributed by atoms with Crippen LogP contribution in [0.4, 0.5) is 5.00 Å². The van der Waals surface area contributed by atoms with Crippen LogP contribution in [0.25, 0.3) is 0 Å². The summed E-state index contributed by atoms with van der Waals surface area (Å²) in [5, 5.41) is 4.89. The molecule has 3 aromatic rings. The van der Waals surface area contributed by atoms with Crippen LogP contribution >= 0.6 is 22.7 Å². The Balaban J connectivity index is 2.06. The van der Waals surface area contributed by atoms with Gasteiger partial charge in [0, 0.05) is 11.1 Å². The second-order valence-corrected chi connectivity index (χ2v) is 11.7. The van der Waals surface area contributed by atoms with Gasteiger partial charge in [0.15, 0.2) is 5.03 Å². The van der Waals surface area contributed by atoms with Gasteiger partial charge in [0.1, 0.15) is 5.00 Å². The molecule has 10 heteroatoms. The fraction of sp³-hybridized carbons (Fsp3) is 0.188. The average molecular weight is 429 g/mol. The van der Waals surface area contributed by atoms with E-state index in [-0.39, 0.29) is 19.3 Å². The van der Waals surface area contributed by atoms with E-state index in [9.17, 15) is 16.8 Å². The van der Waals surface area contributed by atoms with Gasteiger partial charge in [-0.25, -0.2) is 21.8 Å². The highest BCUT2D eigenvalue weighted by atomic mass is 32.2. The number of anilines is 1. The quantitative estimate of drug-likeness (QED) is 0.647. The van der Waals surface area contributed by atoms with Crippen LogP contribution in [0.15, 0.2) is 56.0 Å². The number of rotatable bonds is 6. The number of thiazole rings is 1. The summed E-state index contributed by atoms with van der Waals surface area (Å²) in [6.07, 6.45) is 1.01. The van der Waals surface area contributed by atoms with E-state index in [4.69, 9.17) is 0 Å². The van der Waals surface area contributed by atoms with E-state index < -0.39 is 19.7 Å². The lowest BCUT2D eigenvalue weighted by Crippen LogP contribution is -2.07. The predicted octanol–water partition coefficient (Wildman–Crippen LogP) is 3.36. The van der Waals surface area contributed by atoms with Crippen LogP contribution in [-0.2, 0) is 26.2 Å². The van der Waals surface area contributed by atoms with E-state index in [0.29, 0.717) is 6.54 Å². The Morgan fingerprint density at radius 1 is 1.08 bits per heavy atom. The molecule has 0 aliphatic heterocycles. The second-order valence-electron chi connectivity index (χ2n) is 5.64. The fourth-order valence-electron chi connectivity index (χ4n) is 2.15. The monoisotopic (exact) mass is 428 g/mol. The number of sulfone groups is 2. The van der Waals surface area contributed by atoms with E-state index in [1.54, 1.807) is 12.1 Å². The normalized spacial score (nSPS) is 12.2. The zero-order valence-electron chi connectivity index (χ0n) is 14.0. The topological polar surface area (TPSA) is 93.2 Å². The van der Waals surface area contributed by atoms with Crippen LogP contribution in [0.2, 0.25) is 0 Å². The van der Waals surface area contributed by atoms with Crippen LogP contribution < -0.4 is 5.32 Å². The molecule has 0 saturated carbocycles. The molecule has 0 spiro atoms. The largest absolute Gasteiger partial charge is 0.370 e. The molecule has 0 aliphatic rings. The maximum absolute atomic E-state index is 13.0. The van der Waals surface area contributed by atoms with Crippen molar-refractivity contribution >= 4 is 47.3 Å². The van der Waals surface area contributed by atoms with Gasteiger partial charge < -0.3 is 5.32 Å². The van der Waals surface area contributed by atoms with Crippen molar-refractivity contribution in [2.24, 2.45) is 0 Å². The molecular weight excluding hydrogens is 412 g/mol. The van der Waals surface area contributed by atoms with E-state index >= 15 is 0 Å². The SMILES string of the molecule is Cc1ccc(S(=O)(=O)c2nc(S(C)(=O)=O)sc2NCc2cccs2)cc1. The van der Waals surface area contributed by atoms with Gasteiger partial charge in [0.25, 0.3) is 0 Å². The number of nitrogens with zero attached hydrogens (tertiary/aromatic N) is 1. The molecule has 3 rings (SSSR count). The summed E-state index contributed by atoms with van der Waals surface area (Å²) in [4.78, 5) is 5.01. The molecule has 0 radical (unpaired) electrons. The minimum atomic E-state index is -3.94. The molecule has 0 fully saturated rings. The lowest BCUT2D eigenvalue weighted by Gasteiger charge is -2.06. The highest BCUT2D eigenvalue weighted by Crippen LogP contribution is 2.35. The summed E-state index contributed by atoms with van der Waals surface area (Å²) in [7, 11) is -7.56. The number of benzene rings is 1. The zero-order valence-corrected chi connectivity index (χ0v) is 17.2. The first-order valence-electron chi connectivity index (χ1n) is 7.47. The van der Waals surface area contributed by atoms with Gasteiger partial charge in [-0.1, -0.05) is 35.1 Å². The molecule has 0 saturated heterocycles. The number of thiophene rings is 1. The van der Waals surface area contributed by atoms with Crippen molar-refractivity contribution in [2.45, 2.75) is 27.7 Å². The minimum absolute atomic E-state index is 0.0765. The lowest BCUT2D eigenvalue weighted by molar-refractivity contribution is 0.591. The number of hydrogen-bond donors (Lipinski definition) is 1. The molecule has 0 aliphatic carbocycles. The third-order valence-electron chi connectivity index (χ3n) is 3.48. The molecule has 0 atom stereocenters. The van der Waals surface area contributed by atoms with Crippen LogP contribution in [-0.4, -0.2) is 28.1 Å². The smallest absolute Gasteiger partial charge is 0.226 e. The van der Waals surface area contributed by atoms with Gasteiger partial charge in [-0.3, -0.25) is 0 Å². The highest BCUT2D eigenvalue weighted by Gasteiger charge is 2.29. The molecule has 2 heterocycles. The van der Waals surface area contributed by atoms with Gasteiger partial charge in [0.2, 0.25) is 24.0 Å². The lowest BCUT2D eigenvalue weighted by atomic mass is 10.2. The third-order valence-corrected chi connectivity index (χ3v) is 8.88. The van der Waals surface area contributed by atoms with Crippen LogP contribution in [0.5, 0.6) is 0 Å². The minimum Gasteiger partial charge on any atom is -0.370 e. The van der Waals surface area contributed by atoms with Crippen LogP contribution in [0, 0.1) is 6.92 Å². The summed E-state index contributed by atoms with van der Waals surface area (Å²) in [6.45, 7) is 2.24. The fourth-order valence-corrected chi connectivity index (χ4v) is 6.31. The third kappa shape index (κ3) is 3.98. The van der Waals surface area contributed by atoms with Gasteiger partial charge in [0.05, 0.1) is 11.4 Å². The molecule has 0 amide bonds. The standard InChI is InChI=1S/C16H16N2O4S4/c1-11-5-7-13(8-6-11)26(21,22)15-14(17-10-12-4-3-9-23-12)24-16(18-15)25(2,19)20/h3-9,17H,10H2,1-2H3. The molecule has 1 aromatic carbocycles. The van der Waals surface area contributed by atoms with Gasteiger partial charge in [-0.05, 0) is 30.5 Å². The Hall–Kier alpha value is -1.75. The van der Waals surface area contributed by atoms with E-state index in [1.807, 2.05) is 24.4 Å². The van der Waals surface area contributed by atoms with Crippen molar-refractivity contribution in [3.05, 3.63) is 52.2 Å². The maximum Gasteiger partial charge on any atom is 0.226 e. The summed E-state index contributed by atoms with van der Waals surface area (Å²) < 4.78 is 49.5. The molecule has 1 N–H and O–H groups in total. The second kappa shape index (κ2) is 7.10. The Morgan fingerprint density at radius 2 is 1.77 bits per heavy atom. The molecule has 0 bridgehead atoms. The summed E-state index contributed by atoms with van der Waals surface area (Å²) in [5.41, 5.74) is 0.926. The molecule has 26 heavy (non-hydrogen) atoms. The summed E-state index contributed by atoms with van der Waals surface area (Å²) in [5.74, 6) is 0. The zero-order chi connectivity index (χ0) is 18.9. The summed E-state index contributed by atoms with van der Waals surface area (Å²) >= 11 is 2.35. The van der Waals surface area contributed by atoms with E-state index in [1.165, 1.54) is 23.5 Å². The number of nitrogens with one attached hydrogen (secondary N) is 1. The van der Waals surface area contributed by atoms with E-state index in [2.05, 4.69) is 10.3 Å². The first-order chi connectivity index (χ1) is 12.2. The average Bonchev–Trinajstić information content (AvgIpc) is 3.22.